The summed E-state index contributed by atoms with van der Waals surface area (Å²) >= 11 is 2.40. The zero-order chi connectivity index (χ0) is 24.8. The first-order valence-electron chi connectivity index (χ1n) is 12.2. The number of furan rings is 1. The number of pyridine rings is 2. The quantitative estimate of drug-likeness (QED) is 0.152. The van der Waals surface area contributed by atoms with Gasteiger partial charge in [0.2, 0.25) is 5.71 Å². The smallest absolute Gasteiger partial charge is 0.227 e. The van der Waals surface area contributed by atoms with Gasteiger partial charge in [-0.1, -0.05) is 89.3 Å². The van der Waals surface area contributed by atoms with Crippen LogP contribution >= 0.6 is 22.6 Å². The number of hydrogen-bond acceptors (Lipinski definition) is 3. The second-order valence-corrected chi connectivity index (χ2v) is 9.94. The highest BCUT2D eigenvalue weighted by Gasteiger charge is 2.13. The van der Waals surface area contributed by atoms with Crippen LogP contribution in [0.2, 0.25) is 0 Å². The Labute approximate surface area is 228 Å². The second-order valence-electron chi connectivity index (χ2n) is 9.18. The standard InChI is InChI=1S/C33H21IN2O/c34-19-21-6-8-22(9-7-21)23-10-11-25-18-26(13-12-24(25)17-23)27-14-15-31(36-20-27)30-4-1-3-28-29-5-2-16-35-33(29)37-32(28)30/h1-18,20H,19H2. The topological polar surface area (TPSA) is 38.9 Å². The lowest BCUT2D eigenvalue weighted by molar-refractivity contribution is 0.655. The zero-order valence-corrected chi connectivity index (χ0v) is 22.0. The van der Waals surface area contributed by atoms with E-state index in [2.05, 4.69) is 113 Å². The van der Waals surface area contributed by atoms with Gasteiger partial charge in [-0.2, -0.15) is 0 Å². The van der Waals surface area contributed by atoms with Crippen molar-refractivity contribution in [2.24, 2.45) is 0 Å². The summed E-state index contributed by atoms with van der Waals surface area (Å²) in [5.74, 6) is 0. The lowest BCUT2D eigenvalue weighted by atomic mass is 9.97. The number of hydrogen-bond donors (Lipinski definition) is 0. The van der Waals surface area contributed by atoms with E-state index >= 15 is 0 Å². The molecule has 37 heavy (non-hydrogen) atoms. The third kappa shape index (κ3) is 3.98. The van der Waals surface area contributed by atoms with Crippen LogP contribution in [0.5, 0.6) is 0 Å². The van der Waals surface area contributed by atoms with E-state index in [1.54, 1.807) is 6.20 Å². The molecule has 0 aliphatic carbocycles. The van der Waals surface area contributed by atoms with Gasteiger partial charge in [-0.3, -0.25) is 4.98 Å². The van der Waals surface area contributed by atoms with Crippen LogP contribution in [0.25, 0.3) is 66.4 Å². The van der Waals surface area contributed by atoms with E-state index in [4.69, 9.17) is 9.40 Å². The minimum absolute atomic E-state index is 0.651. The van der Waals surface area contributed by atoms with E-state index in [1.807, 2.05) is 24.4 Å². The Bertz CT molecular complexity index is 1900. The number of benzene rings is 4. The van der Waals surface area contributed by atoms with Gasteiger partial charge in [0, 0.05) is 38.7 Å². The molecule has 0 atom stereocenters. The van der Waals surface area contributed by atoms with Crippen LogP contribution in [0.3, 0.4) is 0 Å². The summed E-state index contributed by atoms with van der Waals surface area (Å²) in [5.41, 5.74) is 9.39. The normalized spacial score (nSPS) is 11.5. The maximum Gasteiger partial charge on any atom is 0.227 e. The van der Waals surface area contributed by atoms with Crippen molar-refractivity contribution in [2.75, 3.05) is 0 Å². The summed E-state index contributed by atoms with van der Waals surface area (Å²) in [6, 6.07) is 36.5. The van der Waals surface area contributed by atoms with Gasteiger partial charge in [-0.05, 0) is 69.4 Å². The van der Waals surface area contributed by atoms with E-state index in [1.165, 1.54) is 27.5 Å². The van der Waals surface area contributed by atoms with Gasteiger partial charge in [0.05, 0.1) is 5.69 Å². The van der Waals surface area contributed by atoms with Gasteiger partial charge >= 0.3 is 0 Å². The maximum atomic E-state index is 6.10. The van der Waals surface area contributed by atoms with Gasteiger partial charge in [-0.15, -0.1) is 0 Å². The molecule has 0 radical (unpaired) electrons. The van der Waals surface area contributed by atoms with Crippen LogP contribution in [-0.4, -0.2) is 9.97 Å². The monoisotopic (exact) mass is 588 g/mol. The highest BCUT2D eigenvalue weighted by Crippen LogP contribution is 2.35. The van der Waals surface area contributed by atoms with E-state index in [9.17, 15) is 0 Å². The van der Waals surface area contributed by atoms with Gasteiger partial charge in [0.25, 0.3) is 0 Å². The number of nitrogens with zero attached hydrogens (tertiary/aromatic N) is 2. The van der Waals surface area contributed by atoms with Crippen LogP contribution in [-0.2, 0) is 4.43 Å². The van der Waals surface area contributed by atoms with Gasteiger partial charge < -0.3 is 4.42 Å². The maximum absolute atomic E-state index is 6.10. The fraction of sp³-hybridized carbons (Fsp3) is 0.0303. The van der Waals surface area contributed by atoms with Crippen molar-refractivity contribution in [2.45, 2.75) is 4.43 Å². The highest BCUT2D eigenvalue weighted by molar-refractivity contribution is 14.1. The Kier molecular flexibility index (Phi) is 5.47. The molecule has 0 amide bonds. The van der Waals surface area contributed by atoms with Gasteiger partial charge in [-0.25, -0.2) is 4.98 Å². The van der Waals surface area contributed by atoms with Crippen molar-refractivity contribution >= 4 is 55.4 Å². The molecular weight excluding hydrogens is 567 g/mol. The molecule has 0 fully saturated rings. The fourth-order valence-electron chi connectivity index (χ4n) is 4.95. The Morgan fingerprint density at radius 3 is 2.05 bits per heavy atom. The van der Waals surface area contributed by atoms with Crippen molar-refractivity contribution in [3.63, 3.8) is 0 Å². The van der Waals surface area contributed by atoms with E-state index < -0.39 is 0 Å². The molecule has 3 aromatic heterocycles. The van der Waals surface area contributed by atoms with Crippen molar-refractivity contribution in [3.05, 3.63) is 121 Å². The molecule has 3 nitrogen and oxygen atoms in total. The predicted octanol–water partition coefficient (Wildman–Crippen LogP) is 9.47. The number of para-hydroxylation sites is 1. The molecule has 0 saturated carbocycles. The zero-order valence-electron chi connectivity index (χ0n) is 19.9. The Morgan fingerprint density at radius 1 is 0.622 bits per heavy atom. The summed E-state index contributed by atoms with van der Waals surface area (Å²) in [6.45, 7) is 0. The molecule has 0 aliphatic heterocycles. The van der Waals surface area contributed by atoms with Crippen molar-refractivity contribution in [3.8, 4) is 33.5 Å². The number of rotatable bonds is 4. The summed E-state index contributed by atoms with van der Waals surface area (Å²) in [4.78, 5) is 9.19. The molecule has 0 N–H and O–H groups in total. The van der Waals surface area contributed by atoms with Crippen LogP contribution in [0.15, 0.2) is 120 Å². The van der Waals surface area contributed by atoms with Gasteiger partial charge in [0.15, 0.2) is 0 Å². The molecule has 176 valence electrons. The molecular formula is C33H21IN2O. The molecule has 7 rings (SSSR count). The Balaban J connectivity index is 1.21. The number of fused-ring (bicyclic) bond motifs is 4. The van der Waals surface area contributed by atoms with Crippen LogP contribution < -0.4 is 0 Å². The lowest BCUT2D eigenvalue weighted by Gasteiger charge is -2.08. The first-order valence-corrected chi connectivity index (χ1v) is 13.7. The highest BCUT2D eigenvalue weighted by atomic mass is 127. The molecule has 0 spiro atoms. The molecule has 0 unspecified atom stereocenters. The molecule has 0 aliphatic rings. The van der Waals surface area contributed by atoms with Crippen molar-refractivity contribution in [1.29, 1.82) is 0 Å². The molecule has 0 bridgehead atoms. The van der Waals surface area contributed by atoms with Crippen LogP contribution in [0.1, 0.15) is 5.56 Å². The van der Waals surface area contributed by atoms with Crippen LogP contribution in [0, 0.1) is 0 Å². The minimum Gasteiger partial charge on any atom is -0.437 e. The molecule has 7 aromatic rings. The second kappa shape index (κ2) is 9.12. The number of aromatic nitrogens is 2. The predicted molar refractivity (Wildman–Crippen MR) is 161 cm³/mol. The average Bonchev–Trinajstić information content (AvgIpc) is 3.36. The summed E-state index contributed by atoms with van der Waals surface area (Å²) < 4.78 is 7.13. The number of alkyl halides is 1. The summed E-state index contributed by atoms with van der Waals surface area (Å²) in [7, 11) is 0. The Morgan fingerprint density at radius 2 is 1.32 bits per heavy atom. The van der Waals surface area contributed by atoms with E-state index in [0.29, 0.717) is 5.71 Å². The summed E-state index contributed by atoms with van der Waals surface area (Å²) in [6.07, 6.45) is 3.70. The van der Waals surface area contributed by atoms with Crippen molar-refractivity contribution in [1.82, 2.24) is 9.97 Å². The van der Waals surface area contributed by atoms with E-state index in [-0.39, 0.29) is 0 Å². The van der Waals surface area contributed by atoms with Crippen molar-refractivity contribution < 1.29 is 4.42 Å². The first-order chi connectivity index (χ1) is 18.3. The molecule has 4 aromatic carbocycles. The summed E-state index contributed by atoms with van der Waals surface area (Å²) in [5, 5.41) is 4.52. The molecule has 0 saturated heterocycles. The SMILES string of the molecule is ICc1ccc(-c2ccc3cc(-c4ccc(-c5cccc6c5oc5ncccc56)nc4)ccc3c2)cc1. The molecule has 4 heteroatoms. The van der Waals surface area contributed by atoms with Gasteiger partial charge in [0.1, 0.15) is 5.58 Å². The average molecular weight is 588 g/mol. The largest absolute Gasteiger partial charge is 0.437 e. The molecule has 3 heterocycles. The third-order valence-corrected chi connectivity index (χ3v) is 7.81. The van der Waals surface area contributed by atoms with E-state index in [0.717, 1.165) is 43.2 Å². The minimum atomic E-state index is 0.651. The number of halogens is 1. The lowest BCUT2D eigenvalue weighted by Crippen LogP contribution is -1.86. The Hall–Kier alpha value is -4.03. The van der Waals surface area contributed by atoms with Crippen LogP contribution in [0.4, 0.5) is 0 Å². The third-order valence-electron chi connectivity index (χ3n) is 6.93. The fourth-order valence-corrected chi connectivity index (χ4v) is 5.46. The first kappa shape index (κ1) is 22.2.